The molecule has 20 heavy (non-hydrogen) atoms. The smallest absolute Gasteiger partial charge is 0.0395 e. The van der Waals surface area contributed by atoms with Gasteiger partial charge in [0.1, 0.15) is 0 Å². The summed E-state index contributed by atoms with van der Waals surface area (Å²) in [5, 5.41) is 0. The summed E-state index contributed by atoms with van der Waals surface area (Å²) in [6.07, 6.45) is 2.42. The largest absolute Gasteiger partial charge is 0.399 e. The number of nitrogens with zero attached hydrogens (tertiary/aromatic N) is 2. The maximum Gasteiger partial charge on any atom is 0.0395 e. The van der Waals surface area contributed by atoms with Crippen molar-refractivity contribution >= 4 is 11.4 Å². The minimum atomic E-state index is 0.244. The summed E-state index contributed by atoms with van der Waals surface area (Å²) in [7, 11) is 2.21. The molecule has 1 aliphatic heterocycles. The molecule has 0 saturated carbocycles. The molecule has 1 fully saturated rings. The van der Waals surface area contributed by atoms with Gasteiger partial charge in [0, 0.05) is 43.6 Å². The highest BCUT2D eigenvalue weighted by Crippen LogP contribution is 2.32. The lowest BCUT2D eigenvalue weighted by molar-refractivity contribution is 0.173. The first-order valence-corrected chi connectivity index (χ1v) is 7.51. The first kappa shape index (κ1) is 15.2. The second-order valence-electron chi connectivity index (χ2n) is 6.63. The van der Waals surface area contributed by atoms with Crippen molar-refractivity contribution < 1.29 is 0 Å². The fourth-order valence-electron chi connectivity index (χ4n) is 2.99. The van der Waals surface area contributed by atoms with E-state index < -0.39 is 0 Å². The zero-order valence-electron chi connectivity index (χ0n) is 13.3. The molecule has 0 unspecified atom stereocenters. The summed E-state index contributed by atoms with van der Waals surface area (Å²) < 4.78 is 0. The topological polar surface area (TPSA) is 32.5 Å². The standard InChI is InChI=1S/C17H28N3/c1-14(2)13-20-11-9-17(3,10-12-20)19(4)16-7-5-15(18)6-8-16/h5-8H,9-13,18H2,1-4H3. The van der Waals surface area contributed by atoms with Crippen molar-refractivity contribution in [3.05, 3.63) is 30.2 Å². The van der Waals surface area contributed by atoms with Crippen LogP contribution in [0.4, 0.5) is 11.4 Å². The number of benzene rings is 1. The van der Waals surface area contributed by atoms with Gasteiger partial charge in [-0.05, 0) is 49.9 Å². The SMILES string of the molecule is C[C](C)CN1CCC(C)(N(C)c2ccc(N)cc2)CC1. The Labute approximate surface area is 123 Å². The van der Waals surface area contributed by atoms with Crippen molar-refractivity contribution in [3.8, 4) is 0 Å². The van der Waals surface area contributed by atoms with Crippen LogP contribution in [-0.4, -0.2) is 37.1 Å². The molecule has 0 aliphatic carbocycles. The van der Waals surface area contributed by atoms with Gasteiger partial charge in [-0.15, -0.1) is 0 Å². The van der Waals surface area contributed by atoms with Crippen LogP contribution >= 0.6 is 0 Å². The third-order valence-corrected chi connectivity index (χ3v) is 4.56. The first-order chi connectivity index (χ1) is 9.40. The van der Waals surface area contributed by atoms with Gasteiger partial charge in [-0.3, -0.25) is 0 Å². The highest BCUT2D eigenvalue weighted by Gasteiger charge is 2.33. The summed E-state index contributed by atoms with van der Waals surface area (Å²) in [6, 6.07) is 8.22. The van der Waals surface area contributed by atoms with Gasteiger partial charge >= 0.3 is 0 Å². The molecule has 1 saturated heterocycles. The fourth-order valence-corrected chi connectivity index (χ4v) is 2.99. The lowest BCUT2D eigenvalue weighted by atomic mass is 9.87. The lowest BCUT2D eigenvalue weighted by Crippen LogP contribution is -2.52. The molecule has 111 valence electrons. The lowest BCUT2D eigenvalue weighted by Gasteiger charge is -2.46. The van der Waals surface area contributed by atoms with Crippen LogP contribution in [0.2, 0.25) is 0 Å². The molecule has 2 N–H and O–H groups in total. The Morgan fingerprint density at radius 1 is 1.20 bits per heavy atom. The van der Waals surface area contributed by atoms with E-state index in [1.807, 2.05) is 12.1 Å². The molecule has 1 aliphatic rings. The number of piperidine rings is 1. The van der Waals surface area contributed by atoms with E-state index in [-0.39, 0.29) is 5.54 Å². The molecule has 0 aromatic heterocycles. The highest BCUT2D eigenvalue weighted by atomic mass is 15.2. The van der Waals surface area contributed by atoms with E-state index in [1.54, 1.807) is 0 Å². The zero-order chi connectivity index (χ0) is 14.8. The van der Waals surface area contributed by atoms with E-state index in [2.05, 4.69) is 49.8 Å². The Kier molecular flexibility index (Phi) is 4.59. The minimum absolute atomic E-state index is 0.244. The molecule has 3 heteroatoms. The van der Waals surface area contributed by atoms with Crippen LogP contribution in [0.15, 0.2) is 24.3 Å². The minimum Gasteiger partial charge on any atom is -0.399 e. The van der Waals surface area contributed by atoms with Crippen LogP contribution in [0.5, 0.6) is 0 Å². The molecule has 0 bridgehead atoms. The number of likely N-dealkylation sites (tertiary alicyclic amines) is 1. The van der Waals surface area contributed by atoms with Crippen molar-refractivity contribution in [1.29, 1.82) is 0 Å². The molecule has 1 radical (unpaired) electrons. The Balaban J connectivity index is 2.00. The van der Waals surface area contributed by atoms with Gasteiger partial charge in [0.05, 0.1) is 0 Å². The number of anilines is 2. The second-order valence-corrected chi connectivity index (χ2v) is 6.63. The summed E-state index contributed by atoms with van der Waals surface area (Å²) >= 11 is 0. The van der Waals surface area contributed by atoms with E-state index in [0.29, 0.717) is 0 Å². The number of rotatable bonds is 4. The quantitative estimate of drug-likeness (QED) is 0.856. The van der Waals surface area contributed by atoms with E-state index in [0.717, 1.165) is 12.2 Å². The molecule has 1 aromatic carbocycles. The molecule has 0 spiro atoms. The molecule has 1 aromatic rings. The molecular weight excluding hydrogens is 246 g/mol. The third kappa shape index (κ3) is 3.45. The van der Waals surface area contributed by atoms with Gasteiger partial charge in [-0.2, -0.15) is 0 Å². The third-order valence-electron chi connectivity index (χ3n) is 4.56. The van der Waals surface area contributed by atoms with Crippen molar-refractivity contribution in [2.24, 2.45) is 0 Å². The summed E-state index contributed by atoms with van der Waals surface area (Å²) in [5.74, 6) is 1.50. The second kappa shape index (κ2) is 6.04. The first-order valence-electron chi connectivity index (χ1n) is 7.51. The van der Waals surface area contributed by atoms with Crippen molar-refractivity contribution in [1.82, 2.24) is 4.90 Å². The van der Waals surface area contributed by atoms with Crippen LogP contribution in [0.1, 0.15) is 33.6 Å². The molecule has 2 rings (SSSR count). The van der Waals surface area contributed by atoms with Crippen LogP contribution in [0.25, 0.3) is 0 Å². The van der Waals surface area contributed by atoms with Crippen LogP contribution in [0.3, 0.4) is 0 Å². The van der Waals surface area contributed by atoms with E-state index in [9.17, 15) is 0 Å². The van der Waals surface area contributed by atoms with Gasteiger partial charge in [-0.25, -0.2) is 0 Å². The van der Waals surface area contributed by atoms with Crippen LogP contribution in [0, 0.1) is 5.92 Å². The average Bonchev–Trinajstić information content (AvgIpc) is 2.41. The monoisotopic (exact) mass is 274 g/mol. The molecule has 0 atom stereocenters. The number of hydrogen-bond acceptors (Lipinski definition) is 3. The van der Waals surface area contributed by atoms with Gasteiger partial charge < -0.3 is 15.5 Å². The van der Waals surface area contributed by atoms with Crippen molar-refractivity contribution in [3.63, 3.8) is 0 Å². The van der Waals surface area contributed by atoms with Crippen LogP contribution < -0.4 is 10.6 Å². The number of nitrogen functional groups attached to an aromatic ring is 1. The van der Waals surface area contributed by atoms with Gasteiger partial charge in [0.25, 0.3) is 0 Å². The van der Waals surface area contributed by atoms with E-state index in [1.165, 1.54) is 37.5 Å². The zero-order valence-corrected chi connectivity index (χ0v) is 13.3. The summed E-state index contributed by atoms with van der Waals surface area (Å²) in [5.41, 5.74) is 8.11. The summed E-state index contributed by atoms with van der Waals surface area (Å²) in [4.78, 5) is 4.99. The van der Waals surface area contributed by atoms with Gasteiger partial charge in [0.15, 0.2) is 0 Å². The normalized spacial score (nSPS) is 19.2. The summed E-state index contributed by atoms with van der Waals surface area (Å²) in [6.45, 7) is 10.3. The number of nitrogens with two attached hydrogens (primary N) is 1. The number of hydrogen-bond donors (Lipinski definition) is 1. The average molecular weight is 274 g/mol. The predicted octanol–water partition coefficient (Wildman–Crippen LogP) is 3.17. The molecule has 1 heterocycles. The van der Waals surface area contributed by atoms with E-state index >= 15 is 0 Å². The Morgan fingerprint density at radius 2 is 1.75 bits per heavy atom. The van der Waals surface area contributed by atoms with Crippen molar-refractivity contribution in [2.75, 3.05) is 37.3 Å². The van der Waals surface area contributed by atoms with Gasteiger partial charge in [0.2, 0.25) is 0 Å². The maximum absolute atomic E-state index is 5.78. The van der Waals surface area contributed by atoms with Crippen molar-refractivity contribution in [2.45, 2.75) is 39.2 Å². The fraction of sp³-hybridized carbons (Fsp3) is 0.588. The predicted molar refractivity (Wildman–Crippen MR) is 87.9 cm³/mol. The molecular formula is C17H28N3. The van der Waals surface area contributed by atoms with Crippen LogP contribution in [-0.2, 0) is 0 Å². The highest BCUT2D eigenvalue weighted by molar-refractivity contribution is 5.54. The Morgan fingerprint density at radius 3 is 2.25 bits per heavy atom. The van der Waals surface area contributed by atoms with E-state index in [4.69, 9.17) is 5.73 Å². The Bertz CT molecular complexity index is 416. The molecule has 3 nitrogen and oxygen atoms in total. The molecule has 0 amide bonds. The maximum atomic E-state index is 5.78. The van der Waals surface area contributed by atoms with Gasteiger partial charge in [-0.1, -0.05) is 13.8 Å². The Hall–Kier alpha value is -1.22.